The molecule has 0 amide bonds. The Kier molecular flexibility index (Phi) is 4.68. The summed E-state index contributed by atoms with van der Waals surface area (Å²) < 4.78 is 5.97. The van der Waals surface area contributed by atoms with Gasteiger partial charge in [-0.25, -0.2) is 4.98 Å². The molecule has 3 heterocycles. The quantitative estimate of drug-likeness (QED) is 0.794. The van der Waals surface area contributed by atoms with Gasteiger partial charge in [0.05, 0.1) is 19.3 Å². The number of ether oxygens (including phenoxy) is 1. The Bertz CT molecular complexity index is 411. The Balaban J connectivity index is 1.57. The molecule has 2 fully saturated rings. The van der Waals surface area contributed by atoms with E-state index in [1.165, 1.54) is 5.01 Å². The van der Waals surface area contributed by atoms with Crippen molar-refractivity contribution in [1.29, 1.82) is 0 Å². The number of rotatable bonds is 5. The molecule has 2 atom stereocenters. The number of hydrogen-bond donors (Lipinski definition) is 0. The lowest BCUT2D eigenvalue weighted by atomic mass is 10.1. The SMILES string of the molecule is CN(C)CCN1CCO[C@H]2CN(Cc3nccs3)C[C@H]21. The van der Waals surface area contributed by atoms with Crippen LogP contribution in [0.5, 0.6) is 0 Å². The molecule has 0 N–H and O–H groups in total. The van der Waals surface area contributed by atoms with Crippen LogP contribution in [0.4, 0.5) is 0 Å². The zero-order valence-corrected chi connectivity index (χ0v) is 13.2. The first-order chi connectivity index (χ1) is 9.72. The highest BCUT2D eigenvalue weighted by molar-refractivity contribution is 7.09. The van der Waals surface area contributed by atoms with Crippen LogP contribution in [-0.2, 0) is 11.3 Å². The Morgan fingerprint density at radius 1 is 1.45 bits per heavy atom. The molecule has 1 aromatic heterocycles. The number of hydrogen-bond acceptors (Lipinski definition) is 6. The minimum absolute atomic E-state index is 0.380. The molecular formula is C14H24N4OS. The van der Waals surface area contributed by atoms with Gasteiger partial charge >= 0.3 is 0 Å². The second-order valence-electron chi connectivity index (χ2n) is 5.94. The Morgan fingerprint density at radius 3 is 3.10 bits per heavy atom. The van der Waals surface area contributed by atoms with Gasteiger partial charge < -0.3 is 9.64 Å². The van der Waals surface area contributed by atoms with Crippen molar-refractivity contribution in [3.63, 3.8) is 0 Å². The molecule has 0 radical (unpaired) electrons. The Hall–Kier alpha value is -0.530. The second kappa shape index (κ2) is 6.49. The van der Waals surface area contributed by atoms with Gasteiger partial charge in [0.1, 0.15) is 5.01 Å². The summed E-state index contributed by atoms with van der Waals surface area (Å²) in [6.45, 7) is 7.33. The van der Waals surface area contributed by atoms with Crippen molar-refractivity contribution in [3.8, 4) is 0 Å². The number of nitrogens with zero attached hydrogens (tertiary/aromatic N) is 4. The minimum Gasteiger partial charge on any atom is -0.374 e. The smallest absolute Gasteiger partial charge is 0.107 e. The number of aromatic nitrogens is 1. The van der Waals surface area contributed by atoms with E-state index in [2.05, 4.69) is 39.2 Å². The van der Waals surface area contributed by atoms with E-state index in [-0.39, 0.29) is 0 Å². The van der Waals surface area contributed by atoms with E-state index in [4.69, 9.17) is 4.74 Å². The van der Waals surface area contributed by atoms with Gasteiger partial charge in [-0.1, -0.05) is 0 Å². The third-order valence-electron chi connectivity index (χ3n) is 4.17. The number of thiazole rings is 1. The van der Waals surface area contributed by atoms with Gasteiger partial charge in [0.15, 0.2) is 0 Å². The number of morpholine rings is 1. The molecule has 0 aliphatic carbocycles. The first-order valence-corrected chi connectivity index (χ1v) is 8.21. The van der Waals surface area contributed by atoms with Crippen molar-refractivity contribution in [2.24, 2.45) is 0 Å². The van der Waals surface area contributed by atoms with Crippen LogP contribution >= 0.6 is 11.3 Å². The number of likely N-dealkylation sites (N-methyl/N-ethyl adjacent to an activating group) is 1. The lowest BCUT2D eigenvalue weighted by molar-refractivity contribution is -0.0483. The van der Waals surface area contributed by atoms with Crippen molar-refractivity contribution >= 4 is 11.3 Å². The molecule has 0 unspecified atom stereocenters. The first kappa shape index (κ1) is 14.4. The lowest BCUT2D eigenvalue weighted by Crippen LogP contribution is -2.52. The van der Waals surface area contributed by atoms with E-state index in [0.29, 0.717) is 12.1 Å². The summed E-state index contributed by atoms with van der Waals surface area (Å²) in [5, 5.41) is 3.27. The van der Waals surface area contributed by atoms with Crippen LogP contribution in [0.2, 0.25) is 0 Å². The summed E-state index contributed by atoms with van der Waals surface area (Å²) in [5.41, 5.74) is 0. The molecular weight excluding hydrogens is 272 g/mol. The minimum atomic E-state index is 0.380. The predicted octanol–water partition coefficient (Wildman–Crippen LogP) is 0.590. The molecule has 2 aliphatic rings. The van der Waals surface area contributed by atoms with Crippen LogP contribution in [0.15, 0.2) is 11.6 Å². The van der Waals surface area contributed by atoms with E-state index >= 15 is 0 Å². The van der Waals surface area contributed by atoms with Crippen molar-refractivity contribution < 1.29 is 4.74 Å². The molecule has 2 aliphatic heterocycles. The monoisotopic (exact) mass is 296 g/mol. The maximum atomic E-state index is 5.97. The largest absolute Gasteiger partial charge is 0.374 e. The molecule has 2 saturated heterocycles. The third kappa shape index (κ3) is 3.38. The summed E-state index contributed by atoms with van der Waals surface area (Å²) >= 11 is 1.74. The van der Waals surface area contributed by atoms with Gasteiger partial charge in [0, 0.05) is 50.3 Å². The van der Waals surface area contributed by atoms with Crippen molar-refractivity contribution in [1.82, 2.24) is 19.7 Å². The fourth-order valence-electron chi connectivity index (χ4n) is 3.09. The van der Waals surface area contributed by atoms with E-state index in [9.17, 15) is 0 Å². The average Bonchev–Trinajstić information content (AvgIpc) is 3.05. The highest BCUT2D eigenvalue weighted by Crippen LogP contribution is 2.24. The molecule has 0 spiro atoms. The fourth-order valence-corrected chi connectivity index (χ4v) is 3.75. The van der Waals surface area contributed by atoms with Crippen LogP contribution < -0.4 is 0 Å². The maximum Gasteiger partial charge on any atom is 0.107 e. The molecule has 3 rings (SSSR count). The molecule has 112 valence electrons. The Morgan fingerprint density at radius 2 is 2.35 bits per heavy atom. The standard InChI is InChI=1S/C14H24N4OS/c1-16(2)4-5-18-6-7-19-13-10-17(9-12(13)18)11-14-15-3-8-20-14/h3,8,12-13H,4-7,9-11H2,1-2H3/t12-,13+/m1/s1. The summed E-state index contributed by atoms with van der Waals surface area (Å²) in [5.74, 6) is 0. The molecule has 0 saturated carbocycles. The zero-order valence-electron chi connectivity index (χ0n) is 12.4. The zero-order chi connectivity index (χ0) is 13.9. The van der Waals surface area contributed by atoms with E-state index in [1.54, 1.807) is 11.3 Å². The van der Waals surface area contributed by atoms with Gasteiger partial charge in [-0.05, 0) is 14.1 Å². The van der Waals surface area contributed by atoms with Crippen LogP contribution in [0.1, 0.15) is 5.01 Å². The number of likely N-dealkylation sites (tertiary alicyclic amines) is 1. The summed E-state index contributed by atoms with van der Waals surface area (Å²) in [6, 6.07) is 0.559. The van der Waals surface area contributed by atoms with Gasteiger partial charge in [0.25, 0.3) is 0 Å². The van der Waals surface area contributed by atoms with Crippen LogP contribution in [0, 0.1) is 0 Å². The van der Waals surface area contributed by atoms with Crippen LogP contribution in [-0.4, -0.2) is 85.3 Å². The normalized spacial score (nSPS) is 28.1. The van der Waals surface area contributed by atoms with Gasteiger partial charge in [-0.3, -0.25) is 9.80 Å². The lowest BCUT2D eigenvalue weighted by Gasteiger charge is -2.37. The molecule has 0 bridgehead atoms. The highest BCUT2D eigenvalue weighted by atomic mass is 32.1. The van der Waals surface area contributed by atoms with Gasteiger partial charge in [-0.15, -0.1) is 11.3 Å². The second-order valence-corrected chi connectivity index (χ2v) is 6.91. The van der Waals surface area contributed by atoms with Gasteiger partial charge in [0.2, 0.25) is 0 Å². The molecule has 1 aromatic rings. The van der Waals surface area contributed by atoms with E-state index in [1.807, 2.05) is 6.20 Å². The first-order valence-electron chi connectivity index (χ1n) is 7.33. The third-order valence-corrected chi connectivity index (χ3v) is 4.93. The topological polar surface area (TPSA) is 31.8 Å². The van der Waals surface area contributed by atoms with Crippen LogP contribution in [0.3, 0.4) is 0 Å². The average molecular weight is 296 g/mol. The summed E-state index contributed by atoms with van der Waals surface area (Å²) in [4.78, 5) is 11.7. The van der Waals surface area contributed by atoms with Crippen molar-refractivity contribution in [2.75, 3.05) is 53.4 Å². The van der Waals surface area contributed by atoms with E-state index < -0.39 is 0 Å². The molecule has 0 aromatic carbocycles. The van der Waals surface area contributed by atoms with Gasteiger partial charge in [-0.2, -0.15) is 0 Å². The molecule has 20 heavy (non-hydrogen) atoms. The number of fused-ring (bicyclic) bond motifs is 1. The highest BCUT2D eigenvalue weighted by Gasteiger charge is 2.39. The summed E-state index contributed by atoms with van der Waals surface area (Å²) in [7, 11) is 4.28. The predicted molar refractivity (Wildman–Crippen MR) is 81.0 cm³/mol. The molecule has 5 nitrogen and oxygen atoms in total. The maximum absolute atomic E-state index is 5.97. The van der Waals surface area contributed by atoms with E-state index in [0.717, 1.165) is 45.9 Å². The van der Waals surface area contributed by atoms with Crippen LogP contribution in [0.25, 0.3) is 0 Å². The van der Waals surface area contributed by atoms with Crippen molar-refractivity contribution in [2.45, 2.75) is 18.7 Å². The Labute approximate surface area is 125 Å². The van der Waals surface area contributed by atoms with Crippen molar-refractivity contribution in [3.05, 3.63) is 16.6 Å². The fraction of sp³-hybridized carbons (Fsp3) is 0.786. The molecule has 6 heteroatoms. The summed E-state index contributed by atoms with van der Waals surface area (Å²) in [6.07, 6.45) is 2.27.